The summed E-state index contributed by atoms with van der Waals surface area (Å²) in [5, 5.41) is 7.85. The molecule has 2 aromatic carbocycles. The first-order chi connectivity index (χ1) is 16.9. The lowest BCUT2D eigenvalue weighted by Crippen LogP contribution is -2.34. The highest BCUT2D eigenvalue weighted by molar-refractivity contribution is 6.00. The number of aromatic nitrogens is 3. The standard InChI is InChI=1S/C27H25N5O3/c1-16-7-5-8-17(13-16)24-21(15-32(31-24)18-9-3-2-4-10-18)27(35)30-23-12-6-11-22-19(23)14-20(25(28)33)26(34)29-22/h2-5,7-10,13-15,23H,6,11-12H2,1H3,(H2,28,33)(H,29,34)(H,30,35). The van der Waals surface area contributed by atoms with Gasteiger partial charge in [0.15, 0.2) is 0 Å². The van der Waals surface area contributed by atoms with E-state index in [9.17, 15) is 14.4 Å². The number of hydrogen-bond acceptors (Lipinski definition) is 4. The maximum Gasteiger partial charge on any atom is 0.261 e. The van der Waals surface area contributed by atoms with Gasteiger partial charge in [-0.05, 0) is 56.0 Å². The normalized spacial score (nSPS) is 14.8. The molecule has 0 fully saturated rings. The number of benzene rings is 2. The van der Waals surface area contributed by atoms with Crippen LogP contribution in [-0.4, -0.2) is 26.6 Å². The van der Waals surface area contributed by atoms with Crippen molar-refractivity contribution in [1.82, 2.24) is 20.1 Å². The Hall–Kier alpha value is -4.46. The number of aromatic amines is 1. The van der Waals surface area contributed by atoms with Gasteiger partial charge in [0, 0.05) is 17.5 Å². The van der Waals surface area contributed by atoms with Crippen LogP contribution in [0.25, 0.3) is 16.9 Å². The average Bonchev–Trinajstić information content (AvgIpc) is 3.30. The number of rotatable bonds is 5. The van der Waals surface area contributed by atoms with E-state index in [1.165, 1.54) is 6.07 Å². The Kier molecular flexibility index (Phi) is 5.78. The molecule has 0 saturated heterocycles. The summed E-state index contributed by atoms with van der Waals surface area (Å²) in [7, 11) is 0. The number of nitrogens with zero attached hydrogens (tertiary/aromatic N) is 2. The fourth-order valence-electron chi connectivity index (χ4n) is 4.57. The molecule has 0 spiro atoms. The topological polar surface area (TPSA) is 123 Å². The summed E-state index contributed by atoms with van der Waals surface area (Å²) in [5.41, 5.74) is 9.95. The second-order valence-electron chi connectivity index (χ2n) is 8.77. The second kappa shape index (κ2) is 9.06. The van der Waals surface area contributed by atoms with Crippen molar-refractivity contribution in [2.24, 2.45) is 5.73 Å². The Balaban J connectivity index is 1.54. The summed E-state index contributed by atoms with van der Waals surface area (Å²) >= 11 is 0. The molecule has 0 aliphatic heterocycles. The molecule has 4 aromatic rings. The number of aryl methyl sites for hydroxylation is 2. The summed E-state index contributed by atoms with van der Waals surface area (Å²) in [6.07, 6.45) is 3.86. The summed E-state index contributed by atoms with van der Waals surface area (Å²) in [6.45, 7) is 1.99. The minimum absolute atomic E-state index is 0.109. The SMILES string of the molecule is Cc1cccc(-c2nn(-c3ccccc3)cc2C(=O)NC2CCCc3[nH]c(=O)c(C(N)=O)cc32)c1. The van der Waals surface area contributed by atoms with Gasteiger partial charge in [0.1, 0.15) is 11.3 Å². The van der Waals surface area contributed by atoms with Crippen molar-refractivity contribution in [2.45, 2.75) is 32.2 Å². The first-order valence-corrected chi connectivity index (χ1v) is 11.5. The molecule has 1 aliphatic rings. The average molecular weight is 468 g/mol. The Morgan fingerprint density at radius 2 is 1.89 bits per heavy atom. The van der Waals surface area contributed by atoms with Gasteiger partial charge >= 0.3 is 0 Å². The van der Waals surface area contributed by atoms with Crippen molar-refractivity contribution in [3.63, 3.8) is 0 Å². The molecule has 2 aromatic heterocycles. The second-order valence-corrected chi connectivity index (χ2v) is 8.77. The number of carbonyl (C=O) groups excluding carboxylic acids is 2. The van der Waals surface area contributed by atoms with E-state index in [1.54, 1.807) is 10.9 Å². The highest BCUT2D eigenvalue weighted by Crippen LogP contribution is 2.30. The predicted octanol–water partition coefficient (Wildman–Crippen LogP) is 3.44. The third-order valence-electron chi connectivity index (χ3n) is 6.29. The van der Waals surface area contributed by atoms with Gasteiger partial charge in [0.05, 0.1) is 17.3 Å². The number of hydrogen-bond donors (Lipinski definition) is 3. The molecule has 2 amide bonds. The van der Waals surface area contributed by atoms with E-state index in [1.807, 2.05) is 61.5 Å². The van der Waals surface area contributed by atoms with Crippen LogP contribution in [0.2, 0.25) is 0 Å². The van der Waals surface area contributed by atoms with Crippen molar-refractivity contribution in [3.8, 4) is 16.9 Å². The minimum atomic E-state index is -0.796. The first-order valence-electron chi connectivity index (χ1n) is 11.5. The molecule has 1 unspecified atom stereocenters. The highest BCUT2D eigenvalue weighted by Gasteiger charge is 2.27. The van der Waals surface area contributed by atoms with Crippen molar-refractivity contribution in [3.05, 3.63) is 105 Å². The van der Waals surface area contributed by atoms with Crippen LogP contribution in [0.1, 0.15) is 56.4 Å². The number of fused-ring (bicyclic) bond motifs is 1. The van der Waals surface area contributed by atoms with Gasteiger partial charge in [-0.15, -0.1) is 0 Å². The molecule has 8 heteroatoms. The number of para-hydroxylation sites is 1. The van der Waals surface area contributed by atoms with Gasteiger partial charge in [-0.3, -0.25) is 14.4 Å². The molecule has 4 N–H and O–H groups in total. The smallest absolute Gasteiger partial charge is 0.261 e. The molecule has 5 rings (SSSR count). The van der Waals surface area contributed by atoms with E-state index in [4.69, 9.17) is 10.8 Å². The van der Waals surface area contributed by atoms with E-state index in [-0.39, 0.29) is 17.5 Å². The van der Waals surface area contributed by atoms with Crippen molar-refractivity contribution in [2.75, 3.05) is 0 Å². The molecule has 0 saturated carbocycles. The quantitative estimate of drug-likeness (QED) is 0.416. The third-order valence-corrected chi connectivity index (χ3v) is 6.29. The zero-order valence-corrected chi connectivity index (χ0v) is 19.2. The van der Waals surface area contributed by atoms with Crippen LogP contribution >= 0.6 is 0 Å². The maximum absolute atomic E-state index is 13.6. The van der Waals surface area contributed by atoms with Crippen LogP contribution in [0.3, 0.4) is 0 Å². The van der Waals surface area contributed by atoms with Gasteiger partial charge in [0.25, 0.3) is 17.4 Å². The zero-order chi connectivity index (χ0) is 24.5. The monoisotopic (exact) mass is 467 g/mol. The summed E-state index contributed by atoms with van der Waals surface area (Å²) in [6, 6.07) is 18.6. The van der Waals surface area contributed by atoms with Crippen molar-refractivity contribution < 1.29 is 9.59 Å². The van der Waals surface area contributed by atoms with Crippen molar-refractivity contribution in [1.29, 1.82) is 0 Å². The summed E-state index contributed by atoms with van der Waals surface area (Å²) in [5.74, 6) is -1.08. The van der Waals surface area contributed by atoms with Crippen LogP contribution in [0.15, 0.2) is 71.7 Å². The molecule has 176 valence electrons. The number of primary amides is 1. The van der Waals surface area contributed by atoms with Crippen LogP contribution in [0.4, 0.5) is 0 Å². The highest BCUT2D eigenvalue weighted by atomic mass is 16.2. The number of amides is 2. The Labute approximate surface area is 201 Å². The molecular formula is C27H25N5O3. The van der Waals surface area contributed by atoms with Gasteiger partial charge in [-0.25, -0.2) is 4.68 Å². The van der Waals surface area contributed by atoms with Gasteiger partial charge in [-0.2, -0.15) is 5.10 Å². The maximum atomic E-state index is 13.6. The van der Waals surface area contributed by atoms with E-state index < -0.39 is 11.5 Å². The lowest BCUT2D eigenvalue weighted by atomic mass is 9.90. The Morgan fingerprint density at radius 1 is 1.09 bits per heavy atom. The largest absolute Gasteiger partial charge is 0.365 e. The Bertz CT molecular complexity index is 1490. The third kappa shape index (κ3) is 4.38. The molecule has 2 heterocycles. The van der Waals surface area contributed by atoms with E-state index >= 15 is 0 Å². The van der Waals surface area contributed by atoms with E-state index in [0.717, 1.165) is 28.9 Å². The van der Waals surface area contributed by atoms with E-state index in [0.29, 0.717) is 29.7 Å². The molecule has 0 bridgehead atoms. The van der Waals surface area contributed by atoms with Crippen LogP contribution in [-0.2, 0) is 6.42 Å². The minimum Gasteiger partial charge on any atom is -0.365 e. The number of nitrogens with two attached hydrogens (primary N) is 1. The van der Waals surface area contributed by atoms with Gasteiger partial charge in [-0.1, -0.05) is 42.0 Å². The van der Waals surface area contributed by atoms with E-state index in [2.05, 4.69) is 10.3 Å². The zero-order valence-electron chi connectivity index (χ0n) is 19.2. The van der Waals surface area contributed by atoms with Crippen molar-refractivity contribution >= 4 is 11.8 Å². The molecule has 0 radical (unpaired) electrons. The number of pyridine rings is 1. The molecular weight excluding hydrogens is 442 g/mol. The summed E-state index contributed by atoms with van der Waals surface area (Å²) < 4.78 is 1.70. The Morgan fingerprint density at radius 3 is 2.63 bits per heavy atom. The van der Waals surface area contributed by atoms with Crippen LogP contribution < -0.4 is 16.6 Å². The lowest BCUT2D eigenvalue weighted by Gasteiger charge is -2.26. The summed E-state index contributed by atoms with van der Waals surface area (Å²) in [4.78, 5) is 40.3. The fourth-order valence-corrected chi connectivity index (χ4v) is 4.57. The van der Waals surface area contributed by atoms with Crippen LogP contribution in [0, 0.1) is 6.92 Å². The number of carbonyl (C=O) groups is 2. The van der Waals surface area contributed by atoms with Gasteiger partial charge < -0.3 is 16.0 Å². The number of H-pyrrole nitrogens is 1. The first kappa shape index (κ1) is 22.3. The van der Waals surface area contributed by atoms with Gasteiger partial charge in [0.2, 0.25) is 0 Å². The van der Waals surface area contributed by atoms with Crippen LogP contribution in [0.5, 0.6) is 0 Å². The lowest BCUT2D eigenvalue weighted by molar-refractivity contribution is 0.0933. The molecule has 8 nitrogen and oxygen atoms in total. The molecule has 1 aliphatic carbocycles. The number of nitrogens with one attached hydrogen (secondary N) is 2. The molecule has 35 heavy (non-hydrogen) atoms. The fraction of sp³-hybridized carbons (Fsp3) is 0.185. The molecule has 1 atom stereocenters. The predicted molar refractivity (Wildman–Crippen MR) is 132 cm³/mol.